The van der Waals surface area contributed by atoms with Gasteiger partial charge in [0.2, 0.25) is 0 Å². The van der Waals surface area contributed by atoms with Crippen LogP contribution in [0, 0.1) is 29.6 Å². The van der Waals surface area contributed by atoms with Crippen LogP contribution in [0.1, 0.15) is 79.9 Å². The summed E-state index contributed by atoms with van der Waals surface area (Å²) in [6, 6.07) is 12.7. The number of carbonyl (C=O) groups is 3. The standard InChI is InChI=1S/C44H54N4O6/c1-7-23-15-25-20-44(43(51)54-6)40-27(13-14-48(41(23)44)36(25)22-49)29-17-30(37(52-4)19-34(29)46-40)31-16-28-24(8-2)21-47(3)35(38(28)42(50)53-5)18-32-26-11-9-10-12-33(26)45-39(31)32/h9-12,17,19,22-25,28,31,35-36,38,41,45-46H,7-8,13-16,18,20-21H2,1-6H3/t23-,24-,25+,28-,31+,35-,36-,38-,41-,44+/m0/s1. The summed E-state index contributed by atoms with van der Waals surface area (Å²) >= 11 is 0. The second kappa shape index (κ2) is 13.3. The lowest BCUT2D eigenvalue weighted by Crippen LogP contribution is -2.71. The lowest BCUT2D eigenvalue weighted by molar-refractivity contribution is -0.169. The molecule has 0 spiro atoms. The van der Waals surface area contributed by atoms with E-state index in [0.717, 1.165) is 83.9 Å². The van der Waals surface area contributed by atoms with Crippen LogP contribution in [-0.2, 0) is 42.1 Å². The van der Waals surface area contributed by atoms with Gasteiger partial charge in [0.25, 0.3) is 0 Å². The lowest BCUT2D eigenvalue weighted by atomic mass is 9.54. The summed E-state index contributed by atoms with van der Waals surface area (Å²) < 4.78 is 17.6. The lowest BCUT2D eigenvalue weighted by Gasteiger charge is -2.60. The van der Waals surface area contributed by atoms with Gasteiger partial charge in [0.05, 0.1) is 33.3 Å². The SMILES string of the molecule is CC[C@H]1CN(C)[C@H]2Cc3c([nH]c4ccccc34)[C@@H](c3cc4c5c([nH]c4cc3OC)[C@]3(C(=O)OC)C[C@H]4C[C@H](CC)[C@@H]3N(CC5)[C@H]4C=O)C[C@@H]1[C@@H]2C(=O)OC. The number of nitrogens with one attached hydrogen (secondary N) is 2. The molecule has 11 atom stereocenters. The van der Waals surface area contributed by atoms with Crippen molar-refractivity contribution in [2.24, 2.45) is 29.6 Å². The van der Waals surface area contributed by atoms with Crippen LogP contribution < -0.4 is 4.74 Å². The molecule has 2 N–H and O–H groups in total. The quantitative estimate of drug-likeness (QED) is 0.172. The Morgan fingerprint density at radius 3 is 2.48 bits per heavy atom. The fourth-order valence-corrected chi connectivity index (χ4v) is 12.7. The van der Waals surface area contributed by atoms with Gasteiger partial charge in [-0.3, -0.25) is 14.5 Å². The number of rotatable bonds is 7. The maximum Gasteiger partial charge on any atom is 0.319 e. The zero-order valence-electron chi connectivity index (χ0n) is 32.4. The van der Waals surface area contributed by atoms with Gasteiger partial charge < -0.3 is 33.9 Å². The number of aromatic nitrogens is 2. The van der Waals surface area contributed by atoms with Crippen LogP contribution in [0.15, 0.2) is 36.4 Å². The maximum atomic E-state index is 14.3. The minimum absolute atomic E-state index is 0.0234. The van der Waals surface area contributed by atoms with E-state index in [1.54, 1.807) is 7.11 Å². The molecule has 54 heavy (non-hydrogen) atoms. The maximum absolute atomic E-state index is 14.3. The highest BCUT2D eigenvalue weighted by Gasteiger charge is 2.65. The van der Waals surface area contributed by atoms with Gasteiger partial charge in [-0.05, 0) is 86.1 Å². The Morgan fingerprint density at radius 1 is 0.963 bits per heavy atom. The number of likely N-dealkylation sites (N-methyl/N-ethyl adjacent to an activating group) is 1. The predicted octanol–water partition coefficient (Wildman–Crippen LogP) is 6.14. The summed E-state index contributed by atoms with van der Waals surface area (Å²) in [6.45, 7) is 6.08. The van der Waals surface area contributed by atoms with Crippen molar-refractivity contribution in [1.82, 2.24) is 19.8 Å². The first-order valence-electron chi connectivity index (χ1n) is 20.1. The second-order valence-electron chi connectivity index (χ2n) is 17.0. The van der Waals surface area contributed by atoms with Crippen LogP contribution in [0.25, 0.3) is 21.8 Å². The number of H-pyrrole nitrogens is 2. The zero-order valence-corrected chi connectivity index (χ0v) is 32.4. The molecule has 10 rings (SSSR count). The van der Waals surface area contributed by atoms with E-state index in [1.165, 1.54) is 30.9 Å². The molecule has 2 aliphatic carbocycles. The molecule has 6 heterocycles. The van der Waals surface area contributed by atoms with Gasteiger partial charge in [0, 0.05) is 75.9 Å². The third kappa shape index (κ3) is 4.87. The van der Waals surface area contributed by atoms with Crippen molar-refractivity contribution < 1.29 is 28.6 Å². The number of fused-ring (bicyclic) bond motifs is 9. The third-order valence-electron chi connectivity index (χ3n) is 15.0. The topological polar surface area (TPSA) is 117 Å². The Bertz CT molecular complexity index is 2140. The molecule has 3 saturated heterocycles. The van der Waals surface area contributed by atoms with Crippen LogP contribution in [0.5, 0.6) is 5.75 Å². The molecule has 0 amide bonds. The predicted molar refractivity (Wildman–Crippen MR) is 207 cm³/mol. The Hall–Kier alpha value is -4.15. The van der Waals surface area contributed by atoms with Crippen LogP contribution in [-0.4, -0.2) is 97.6 Å². The van der Waals surface area contributed by atoms with Crippen molar-refractivity contribution in [2.45, 2.75) is 88.3 Å². The highest BCUT2D eigenvalue weighted by molar-refractivity contribution is 5.93. The number of esters is 2. The summed E-state index contributed by atoms with van der Waals surface area (Å²) in [5, 5.41) is 2.27. The molecule has 1 saturated carbocycles. The van der Waals surface area contributed by atoms with Crippen molar-refractivity contribution >= 4 is 40.0 Å². The molecular weight excluding hydrogens is 681 g/mol. The molecule has 10 heteroatoms. The zero-order chi connectivity index (χ0) is 37.6. The molecule has 286 valence electrons. The van der Waals surface area contributed by atoms with E-state index in [0.29, 0.717) is 25.3 Å². The third-order valence-corrected chi connectivity index (χ3v) is 15.0. The Morgan fingerprint density at radius 2 is 1.76 bits per heavy atom. The van der Waals surface area contributed by atoms with Gasteiger partial charge >= 0.3 is 11.9 Å². The molecule has 10 nitrogen and oxygen atoms in total. The van der Waals surface area contributed by atoms with Crippen LogP contribution in [0.2, 0.25) is 0 Å². The molecular formula is C44H54N4O6. The molecule has 4 aliphatic heterocycles. The molecule has 4 fully saturated rings. The first-order chi connectivity index (χ1) is 26.2. The van der Waals surface area contributed by atoms with E-state index in [1.807, 2.05) is 0 Å². The number of aromatic amines is 2. The van der Waals surface area contributed by atoms with Crippen molar-refractivity contribution in [3.8, 4) is 5.75 Å². The summed E-state index contributed by atoms with van der Waals surface area (Å²) in [6.07, 6.45) is 6.79. The number of para-hydroxylation sites is 1. The molecule has 6 aliphatic rings. The Labute approximate surface area is 317 Å². The van der Waals surface area contributed by atoms with E-state index < -0.39 is 5.41 Å². The van der Waals surface area contributed by atoms with E-state index in [-0.39, 0.29) is 59.7 Å². The molecule has 2 aromatic carbocycles. The number of aldehydes is 1. The van der Waals surface area contributed by atoms with Gasteiger partial charge in [-0.15, -0.1) is 0 Å². The van der Waals surface area contributed by atoms with E-state index in [9.17, 15) is 14.4 Å². The number of nitrogens with zero attached hydrogens (tertiary/aromatic N) is 2. The number of piperidine rings is 3. The van der Waals surface area contributed by atoms with Crippen LogP contribution in [0.3, 0.4) is 0 Å². The second-order valence-corrected chi connectivity index (χ2v) is 17.0. The van der Waals surface area contributed by atoms with Crippen molar-refractivity contribution in [3.63, 3.8) is 0 Å². The van der Waals surface area contributed by atoms with Gasteiger partial charge in [0.1, 0.15) is 17.5 Å². The van der Waals surface area contributed by atoms with Crippen molar-refractivity contribution in [1.29, 1.82) is 0 Å². The Balaban J connectivity index is 1.27. The minimum atomic E-state index is -0.897. The molecule has 4 aromatic rings. The van der Waals surface area contributed by atoms with Crippen LogP contribution in [0.4, 0.5) is 0 Å². The molecule has 2 aromatic heterocycles. The first kappa shape index (κ1) is 35.5. The summed E-state index contributed by atoms with van der Waals surface area (Å²) in [5.74, 6) is 0.887. The number of carbonyl (C=O) groups excluding carboxylic acids is 3. The number of likely N-dealkylation sites (tertiary alicyclic amines) is 1. The average molecular weight is 735 g/mol. The van der Waals surface area contributed by atoms with Gasteiger partial charge in [0.15, 0.2) is 0 Å². The normalized spacial score (nSPS) is 34.3. The smallest absolute Gasteiger partial charge is 0.319 e. The number of hydrogen-bond donors (Lipinski definition) is 2. The average Bonchev–Trinajstić information content (AvgIpc) is 3.71. The minimum Gasteiger partial charge on any atom is -0.496 e. The van der Waals surface area contributed by atoms with Crippen molar-refractivity contribution in [3.05, 3.63) is 64.5 Å². The fourth-order valence-electron chi connectivity index (χ4n) is 12.7. The van der Waals surface area contributed by atoms with Crippen LogP contribution >= 0.6 is 0 Å². The largest absolute Gasteiger partial charge is 0.496 e. The number of benzene rings is 2. The first-order valence-corrected chi connectivity index (χ1v) is 20.1. The monoisotopic (exact) mass is 734 g/mol. The molecule has 1 unspecified atom stereocenters. The van der Waals surface area contributed by atoms with Gasteiger partial charge in [-0.2, -0.15) is 0 Å². The van der Waals surface area contributed by atoms with E-state index in [2.05, 4.69) is 77.1 Å². The number of methoxy groups -OCH3 is 3. The Kier molecular flexibility index (Phi) is 8.73. The van der Waals surface area contributed by atoms with Gasteiger partial charge in [-0.25, -0.2) is 0 Å². The van der Waals surface area contributed by atoms with Crippen molar-refractivity contribution in [2.75, 3.05) is 41.5 Å². The summed E-state index contributed by atoms with van der Waals surface area (Å²) in [5.41, 5.74) is 6.73. The highest BCUT2D eigenvalue weighted by Crippen LogP contribution is 2.58. The summed E-state index contributed by atoms with van der Waals surface area (Å²) in [4.78, 5) is 53.3. The highest BCUT2D eigenvalue weighted by atomic mass is 16.5. The fraction of sp³-hybridized carbons (Fsp3) is 0.568. The van der Waals surface area contributed by atoms with E-state index in [4.69, 9.17) is 14.2 Å². The number of ether oxygens (including phenoxy) is 3. The molecule has 6 bridgehead atoms. The van der Waals surface area contributed by atoms with E-state index >= 15 is 0 Å². The summed E-state index contributed by atoms with van der Waals surface area (Å²) in [7, 11) is 6.94. The number of hydrogen-bond acceptors (Lipinski definition) is 8. The van der Waals surface area contributed by atoms with Gasteiger partial charge in [-0.1, -0.05) is 44.9 Å². The molecule has 0 radical (unpaired) electrons.